The van der Waals surface area contributed by atoms with Gasteiger partial charge in [0.2, 0.25) is 5.71 Å². The number of anilines is 1. The van der Waals surface area contributed by atoms with Crippen molar-refractivity contribution in [3.8, 4) is 0 Å². The minimum absolute atomic E-state index is 0.0209. The van der Waals surface area contributed by atoms with Gasteiger partial charge < -0.3 is 14.7 Å². The lowest BCUT2D eigenvalue weighted by atomic mass is 10.2. The Kier molecular flexibility index (Phi) is 7.29. The van der Waals surface area contributed by atoms with Crippen molar-refractivity contribution in [1.29, 1.82) is 0 Å². The van der Waals surface area contributed by atoms with Gasteiger partial charge in [0.05, 0.1) is 5.75 Å². The van der Waals surface area contributed by atoms with Crippen LogP contribution in [0.4, 0.5) is 9.93 Å². The molecule has 0 saturated carbocycles. The number of nitrogens with one attached hydrogen (secondary N) is 1. The molecule has 0 bridgehead atoms. The fourth-order valence-electron chi connectivity index (χ4n) is 1.29. The largest absolute Gasteiger partial charge is 0.476 e. The first-order valence-corrected chi connectivity index (χ1v) is 9.38. The molecule has 0 aliphatic carbocycles. The molecule has 0 fully saturated rings. The zero-order chi connectivity index (χ0) is 18.3. The zero-order valence-electron chi connectivity index (χ0n) is 13.7. The maximum absolute atomic E-state index is 11.6. The first-order valence-electron chi connectivity index (χ1n) is 6.77. The molecule has 9 nitrogen and oxygen atoms in total. The number of rotatable bonds is 7. The standard InChI is InChI=1S/C13H19N3O6S2/c1-13(2,3)22-12(19)15-11-14-8(7-23-11)9(10(17)18)16-21-5-6-24(4)20/h7H,5-6H2,1-4H3,(H,17,18)(H,14,15,19)/b16-9-. The van der Waals surface area contributed by atoms with E-state index in [1.54, 1.807) is 20.8 Å². The van der Waals surface area contributed by atoms with Crippen LogP contribution >= 0.6 is 11.3 Å². The minimum atomic E-state index is -1.33. The lowest BCUT2D eigenvalue weighted by molar-refractivity contribution is -0.129. The summed E-state index contributed by atoms with van der Waals surface area (Å²) in [6.45, 7) is 5.17. The van der Waals surface area contributed by atoms with Crippen molar-refractivity contribution in [3.63, 3.8) is 0 Å². The Hall–Kier alpha value is -2.01. The molecule has 0 aromatic carbocycles. The van der Waals surface area contributed by atoms with E-state index in [1.807, 2.05) is 0 Å². The van der Waals surface area contributed by atoms with Crippen LogP contribution in [-0.4, -0.2) is 56.3 Å². The van der Waals surface area contributed by atoms with Crippen LogP contribution in [0.1, 0.15) is 26.5 Å². The molecular formula is C13H19N3O6S2. The normalized spacial score (nSPS) is 13.2. The summed E-state index contributed by atoms with van der Waals surface area (Å²) in [7, 11) is -1.06. The van der Waals surface area contributed by atoms with Gasteiger partial charge in [0.25, 0.3) is 0 Å². The number of carbonyl (C=O) groups excluding carboxylic acids is 1. The first kappa shape index (κ1) is 20.0. The third-order valence-corrected chi connectivity index (χ3v) is 3.67. The number of hydrogen-bond donors (Lipinski definition) is 2. The van der Waals surface area contributed by atoms with E-state index in [9.17, 15) is 13.8 Å². The van der Waals surface area contributed by atoms with E-state index in [-0.39, 0.29) is 23.2 Å². The number of carboxylic acid groups (broad SMARTS) is 1. The molecule has 0 aliphatic rings. The lowest BCUT2D eigenvalue weighted by Crippen LogP contribution is -2.27. The van der Waals surface area contributed by atoms with Crippen LogP contribution in [0.15, 0.2) is 10.5 Å². The number of oxime groups is 1. The van der Waals surface area contributed by atoms with Crippen LogP contribution in [0.3, 0.4) is 0 Å². The summed E-state index contributed by atoms with van der Waals surface area (Å²) in [5.41, 5.74) is -1.04. The SMILES string of the molecule is CS(=O)CCO/N=C(\C(=O)O)c1csc(NC(=O)OC(C)(C)C)n1. The Morgan fingerprint density at radius 1 is 1.46 bits per heavy atom. The minimum Gasteiger partial charge on any atom is -0.476 e. The Morgan fingerprint density at radius 2 is 2.12 bits per heavy atom. The molecule has 0 saturated heterocycles. The number of carboxylic acids is 1. The smallest absolute Gasteiger partial charge is 0.413 e. The van der Waals surface area contributed by atoms with Crippen molar-refractivity contribution in [2.24, 2.45) is 5.16 Å². The molecule has 1 aromatic rings. The van der Waals surface area contributed by atoms with Gasteiger partial charge in [-0.2, -0.15) is 0 Å². The van der Waals surface area contributed by atoms with Crippen molar-refractivity contribution in [2.75, 3.05) is 23.9 Å². The highest BCUT2D eigenvalue weighted by Crippen LogP contribution is 2.18. The Labute approximate surface area is 145 Å². The summed E-state index contributed by atoms with van der Waals surface area (Å²) in [4.78, 5) is 31.7. The fourth-order valence-corrected chi connectivity index (χ4v) is 2.28. The summed E-state index contributed by atoms with van der Waals surface area (Å²) in [6, 6.07) is 0. The molecule has 1 atom stereocenters. The van der Waals surface area contributed by atoms with Crippen molar-refractivity contribution in [3.05, 3.63) is 11.1 Å². The van der Waals surface area contributed by atoms with E-state index in [0.29, 0.717) is 0 Å². The molecule has 1 amide bonds. The quantitative estimate of drug-likeness (QED) is 0.420. The second-order valence-corrected chi connectivity index (χ2v) is 7.93. The third kappa shape index (κ3) is 7.51. The summed E-state index contributed by atoms with van der Waals surface area (Å²) in [6.07, 6.45) is 0.805. The molecule has 0 radical (unpaired) electrons. The van der Waals surface area contributed by atoms with Crippen molar-refractivity contribution in [2.45, 2.75) is 26.4 Å². The average molecular weight is 377 g/mol. The van der Waals surface area contributed by atoms with Gasteiger partial charge in [0, 0.05) is 22.4 Å². The number of aromatic nitrogens is 1. The highest BCUT2D eigenvalue weighted by molar-refractivity contribution is 7.84. The first-order chi connectivity index (χ1) is 11.1. The van der Waals surface area contributed by atoms with Gasteiger partial charge in [-0.3, -0.25) is 9.53 Å². The van der Waals surface area contributed by atoms with Gasteiger partial charge in [-0.15, -0.1) is 11.3 Å². The van der Waals surface area contributed by atoms with E-state index in [2.05, 4.69) is 15.5 Å². The lowest BCUT2D eigenvalue weighted by Gasteiger charge is -2.18. The number of aliphatic carboxylic acids is 1. The van der Waals surface area contributed by atoms with Gasteiger partial charge in [-0.25, -0.2) is 14.6 Å². The van der Waals surface area contributed by atoms with Crippen LogP contribution < -0.4 is 5.32 Å². The molecule has 134 valence electrons. The molecule has 1 unspecified atom stereocenters. The molecule has 0 spiro atoms. The van der Waals surface area contributed by atoms with Gasteiger partial charge in [-0.05, 0) is 20.8 Å². The third-order valence-electron chi connectivity index (χ3n) is 2.18. The Morgan fingerprint density at radius 3 is 2.67 bits per heavy atom. The predicted octanol–water partition coefficient (Wildman–Crippen LogP) is 1.67. The van der Waals surface area contributed by atoms with Crippen LogP contribution in [-0.2, 0) is 25.2 Å². The second kappa shape index (κ2) is 8.73. The van der Waals surface area contributed by atoms with E-state index < -0.39 is 34.2 Å². The Balaban J connectivity index is 2.75. The molecule has 24 heavy (non-hydrogen) atoms. The molecule has 0 aliphatic heterocycles. The molecule has 1 heterocycles. The molecule has 11 heteroatoms. The number of thiazole rings is 1. The van der Waals surface area contributed by atoms with E-state index in [4.69, 9.17) is 14.7 Å². The number of amides is 1. The van der Waals surface area contributed by atoms with Gasteiger partial charge in [0.1, 0.15) is 17.9 Å². The maximum Gasteiger partial charge on any atom is 0.413 e. The highest BCUT2D eigenvalue weighted by atomic mass is 32.2. The topological polar surface area (TPSA) is 127 Å². The summed E-state index contributed by atoms with van der Waals surface area (Å²) in [5.74, 6) is -1.10. The van der Waals surface area contributed by atoms with Crippen LogP contribution in [0.25, 0.3) is 0 Å². The van der Waals surface area contributed by atoms with Crippen LogP contribution in [0.2, 0.25) is 0 Å². The van der Waals surface area contributed by atoms with Crippen molar-refractivity contribution >= 4 is 45.0 Å². The molecular weight excluding hydrogens is 358 g/mol. The zero-order valence-corrected chi connectivity index (χ0v) is 15.3. The Bertz CT molecular complexity index is 650. The van der Waals surface area contributed by atoms with Gasteiger partial charge >= 0.3 is 12.1 Å². The number of carbonyl (C=O) groups is 2. The van der Waals surface area contributed by atoms with Crippen LogP contribution in [0, 0.1) is 0 Å². The summed E-state index contributed by atoms with van der Waals surface area (Å²) in [5, 5.41) is 16.7. The molecule has 1 rings (SSSR count). The molecule has 2 N–H and O–H groups in total. The number of hydrogen-bond acceptors (Lipinski definition) is 8. The second-order valence-electron chi connectivity index (χ2n) is 5.52. The van der Waals surface area contributed by atoms with E-state index in [1.165, 1.54) is 11.6 Å². The average Bonchev–Trinajstić information content (AvgIpc) is 2.83. The number of ether oxygens (including phenoxy) is 1. The fraction of sp³-hybridized carbons (Fsp3) is 0.538. The van der Waals surface area contributed by atoms with Crippen molar-refractivity contribution in [1.82, 2.24) is 4.98 Å². The van der Waals surface area contributed by atoms with E-state index >= 15 is 0 Å². The highest BCUT2D eigenvalue weighted by Gasteiger charge is 2.20. The van der Waals surface area contributed by atoms with Crippen molar-refractivity contribution < 1.29 is 28.5 Å². The predicted molar refractivity (Wildman–Crippen MR) is 91.0 cm³/mol. The maximum atomic E-state index is 11.6. The van der Waals surface area contributed by atoms with Crippen LogP contribution in [0.5, 0.6) is 0 Å². The van der Waals surface area contributed by atoms with E-state index in [0.717, 1.165) is 11.3 Å². The van der Waals surface area contributed by atoms with Gasteiger partial charge in [-0.1, -0.05) is 5.16 Å². The summed E-state index contributed by atoms with van der Waals surface area (Å²) < 4.78 is 16.0. The number of nitrogens with zero attached hydrogens (tertiary/aromatic N) is 2. The molecule has 1 aromatic heterocycles. The summed E-state index contributed by atoms with van der Waals surface area (Å²) >= 11 is 1.02. The monoisotopic (exact) mass is 377 g/mol. The van der Waals surface area contributed by atoms with Gasteiger partial charge in [0.15, 0.2) is 5.13 Å².